The molecular formula is C15H17N5O2. The second-order valence-corrected chi connectivity index (χ2v) is 4.52. The largest absolute Gasteiger partial charge is 0.491 e. The Morgan fingerprint density at radius 2 is 1.91 bits per heavy atom. The summed E-state index contributed by atoms with van der Waals surface area (Å²) in [6.07, 6.45) is 3.09. The summed E-state index contributed by atoms with van der Waals surface area (Å²) in [5.41, 5.74) is 1.45. The molecule has 7 nitrogen and oxygen atoms in total. The van der Waals surface area contributed by atoms with Gasteiger partial charge in [0.2, 0.25) is 0 Å². The number of H-pyrrole nitrogens is 1. The molecule has 2 heterocycles. The van der Waals surface area contributed by atoms with Crippen LogP contribution in [0.5, 0.6) is 5.75 Å². The van der Waals surface area contributed by atoms with E-state index in [1.807, 2.05) is 30.3 Å². The third kappa shape index (κ3) is 3.70. The van der Waals surface area contributed by atoms with Gasteiger partial charge in [-0.2, -0.15) is 0 Å². The van der Waals surface area contributed by atoms with Gasteiger partial charge in [0.1, 0.15) is 24.2 Å². The van der Waals surface area contributed by atoms with Crippen molar-refractivity contribution in [3.63, 3.8) is 0 Å². The van der Waals surface area contributed by atoms with E-state index in [-0.39, 0.29) is 0 Å². The van der Waals surface area contributed by atoms with Gasteiger partial charge in [-0.15, -0.1) is 0 Å². The van der Waals surface area contributed by atoms with Gasteiger partial charge < -0.3 is 19.8 Å². The van der Waals surface area contributed by atoms with Gasteiger partial charge in [0.25, 0.3) is 0 Å². The topological polar surface area (TPSA) is 84.9 Å². The van der Waals surface area contributed by atoms with Crippen molar-refractivity contribution in [2.24, 2.45) is 0 Å². The SMILES string of the molecule is c1ccc(OCCOCCNc2ncnc3nc[nH]c23)cc1. The first-order valence-corrected chi connectivity index (χ1v) is 7.07. The number of hydrogen-bond donors (Lipinski definition) is 2. The molecule has 0 saturated heterocycles. The number of rotatable bonds is 8. The van der Waals surface area contributed by atoms with Gasteiger partial charge in [-0.25, -0.2) is 15.0 Å². The van der Waals surface area contributed by atoms with Crippen molar-refractivity contribution in [3.05, 3.63) is 43.0 Å². The van der Waals surface area contributed by atoms with Gasteiger partial charge >= 0.3 is 0 Å². The lowest BCUT2D eigenvalue weighted by Crippen LogP contribution is -2.14. The number of nitrogens with one attached hydrogen (secondary N) is 2. The summed E-state index contributed by atoms with van der Waals surface area (Å²) in [6, 6.07) is 9.69. The summed E-state index contributed by atoms with van der Waals surface area (Å²) < 4.78 is 11.1. The number of para-hydroxylation sites is 1. The molecule has 0 spiro atoms. The van der Waals surface area contributed by atoms with E-state index in [0.717, 1.165) is 17.1 Å². The maximum absolute atomic E-state index is 5.54. The third-order valence-corrected chi connectivity index (χ3v) is 3.00. The van der Waals surface area contributed by atoms with Gasteiger partial charge in [0.15, 0.2) is 11.5 Å². The van der Waals surface area contributed by atoms with Gasteiger partial charge in [0.05, 0.1) is 19.5 Å². The summed E-state index contributed by atoms with van der Waals surface area (Å²) in [4.78, 5) is 15.3. The summed E-state index contributed by atoms with van der Waals surface area (Å²) in [7, 11) is 0. The molecule has 3 aromatic rings. The molecule has 7 heteroatoms. The summed E-state index contributed by atoms with van der Waals surface area (Å²) in [5.74, 6) is 1.58. The number of imidazole rings is 1. The molecule has 0 aliphatic rings. The molecule has 0 bridgehead atoms. The Balaban J connectivity index is 1.33. The highest BCUT2D eigenvalue weighted by atomic mass is 16.5. The van der Waals surface area contributed by atoms with E-state index in [0.29, 0.717) is 32.0 Å². The minimum absolute atomic E-state index is 0.530. The lowest BCUT2D eigenvalue weighted by atomic mass is 10.3. The Morgan fingerprint density at radius 1 is 1.00 bits per heavy atom. The van der Waals surface area contributed by atoms with Crippen molar-refractivity contribution in [2.75, 3.05) is 31.7 Å². The molecule has 0 atom stereocenters. The molecule has 2 N–H and O–H groups in total. The second kappa shape index (κ2) is 7.37. The van der Waals surface area contributed by atoms with Crippen LogP contribution in [0.4, 0.5) is 5.82 Å². The fourth-order valence-corrected chi connectivity index (χ4v) is 1.98. The number of hydrogen-bond acceptors (Lipinski definition) is 6. The molecule has 0 aliphatic heterocycles. The number of benzene rings is 1. The smallest absolute Gasteiger partial charge is 0.182 e. The van der Waals surface area contributed by atoms with Gasteiger partial charge in [0, 0.05) is 6.54 Å². The number of aromatic amines is 1. The van der Waals surface area contributed by atoms with Crippen LogP contribution in [0.1, 0.15) is 0 Å². The maximum atomic E-state index is 5.54. The van der Waals surface area contributed by atoms with Crippen LogP contribution in [0.15, 0.2) is 43.0 Å². The van der Waals surface area contributed by atoms with Crippen molar-refractivity contribution in [1.82, 2.24) is 19.9 Å². The molecule has 22 heavy (non-hydrogen) atoms. The fraction of sp³-hybridized carbons (Fsp3) is 0.267. The Bertz CT molecular complexity index is 701. The first kappa shape index (κ1) is 14.3. The van der Waals surface area contributed by atoms with Gasteiger partial charge in [-0.1, -0.05) is 18.2 Å². The van der Waals surface area contributed by atoms with E-state index in [1.54, 1.807) is 6.33 Å². The quantitative estimate of drug-likeness (QED) is 0.618. The predicted octanol–water partition coefficient (Wildman–Crippen LogP) is 1.86. The highest BCUT2D eigenvalue weighted by Crippen LogP contribution is 2.13. The standard InChI is InChI=1S/C15H17N5O2/c1-2-4-12(5-3-1)22-9-8-21-7-6-16-14-13-15(18-10-17-13)20-11-19-14/h1-5,10-11H,6-9H2,(H2,16,17,18,19,20). The van der Waals surface area contributed by atoms with Crippen LogP contribution >= 0.6 is 0 Å². The lowest BCUT2D eigenvalue weighted by Gasteiger charge is -2.08. The van der Waals surface area contributed by atoms with Crippen LogP contribution in [0.2, 0.25) is 0 Å². The molecule has 3 rings (SSSR count). The second-order valence-electron chi connectivity index (χ2n) is 4.52. The zero-order valence-electron chi connectivity index (χ0n) is 12.0. The molecule has 0 amide bonds. The monoisotopic (exact) mass is 299 g/mol. The van der Waals surface area contributed by atoms with Gasteiger partial charge in [-0.3, -0.25) is 0 Å². The van der Waals surface area contributed by atoms with E-state index in [9.17, 15) is 0 Å². The van der Waals surface area contributed by atoms with Crippen molar-refractivity contribution in [1.29, 1.82) is 0 Å². The van der Waals surface area contributed by atoms with Crippen LogP contribution < -0.4 is 10.1 Å². The summed E-state index contributed by atoms with van der Waals surface area (Å²) in [6.45, 7) is 2.29. The molecule has 0 unspecified atom stereocenters. The van der Waals surface area contributed by atoms with Crippen LogP contribution in [-0.2, 0) is 4.74 Å². The molecule has 0 radical (unpaired) electrons. The zero-order chi connectivity index (χ0) is 15.0. The first-order valence-electron chi connectivity index (χ1n) is 7.07. The molecule has 0 aliphatic carbocycles. The molecule has 0 fully saturated rings. The molecule has 0 saturated carbocycles. The van der Waals surface area contributed by atoms with Crippen LogP contribution in [0, 0.1) is 0 Å². The Kier molecular flexibility index (Phi) is 4.78. The first-order chi connectivity index (χ1) is 10.9. The molecule has 1 aromatic carbocycles. The van der Waals surface area contributed by atoms with E-state index in [4.69, 9.17) is 9.47 Å². The predicted molar refractivity (Wildman–Crippen MR) is 82.9 cm³/mol. The van der Waals surface area contributed by atoms with E-state index in [2.05, 4.69) is 25.3 Å². The average Bonchev–Trinajstić information content (AvgIpc) is 3.04. The number of nitrogens with zero attached hydrogens (tertiary/aromatic N) is 3. The van der Waals surface area contributed by atoms with Crippen molar-refractivity contribution in [3.8, 4) is 5.75 Å². The third-order valence-electron chi connectivity index (χ3n) is 3.00. The Labute approximate surface area is 127 Å². The Morgan fingerprint density at radius 3 is 2.82 bits per heavy atom. The minimum atomic E-state index is 0.530. The molecular weight excluding hydrogens is 282 g/mol. The zero-order valence-corrected chi connectivity index (χ0v) is 12.0. The number of anilines is 1. The number of aromatic nitrogens is 4. The highest BCUT2D eigenvalue weighted by Gasteiger charge is 2.04. The fourth-order valence-electron chi connectivity index (χ4n) is 1.98. The highest BCUT2D eigenvalue weighted by molar-refractivity contribution is 5.81. The van der Waals surface area contributed by atoms with Crippen molar-refractivity contribution in [2.45, 2.75) is 0 Å². The summed E-state index contributed by atoms with van der Waals surface area (Å²) >= 11 is 0. The van der Waals surface area contributed by atoms with Crippen LogP contribution in [0.25, 0.3) is 11.2 Å². The Hall–Kier alpha value is -2.67. The minimum Gasteiger partial charge on any atom is -0.491 e. The maximum Gasteiger partial charge on any atom is 0.182 e. The van der Waals surface area contributed by atoms with E-state index < -0.39 is 0 Å². The van der Waals surface area contributed by atoms with Crippen molar-refractivity contribution >= 4 is 17.0 Å². The summed E-state index contributed by atoms with van der Waals surface area (Å²) in [5, 5.41) is 3.19. The molecule has 2 aromatic heterocycles. The van der Waals surface area contributed by atoms with Crippen LogP contribution in [-0.4, -0.2) is 46.3 Å². The molecule has 114 valence electrons. The normalized spacial score (nSPS) is 10.7. The van der Waals surface area contributed by atoms with Gasteiger partial charge in [-0.05, 0) is 12.1 Å². The average molecular weight is 299 g/mol. The van der Waals surface area contributed by atoms with Crippen LogP contribution in [0.3, 0.4) is 0 Å². The number of ether oxygens (including phenoxy) is 2. The number of fused-ring (bicyclic) bond motifs is 1. The van der Waals surface area contributed by atoms with E-state index in [1.165, 1.54) is 6.33 Å². The van der Waals surface area contributed by atoms with Crippen molar-refractivity contribution < 1.29 is 9.47 Å². The van der Waals surface area contributed by atoms with E-state index >= 15 is 0 Å². The lowest BCUT2D eigenvalue weighted by molar-refractivity contribution is 0.107.